The molecule has 0 bridgehead atoms. The standard InChI is InChI=1S/C15H15FN2O3.ClH/c16-12-3-1-10(2-4-12)14-17-13(9-21-14)8-18-6-5-11(7-18)15(19)20;/h1-4,9,11H,5-8H2,(H,19,20);1H. The highest BCUT2D eigenvalue weighted by Crippen LogP contribution is 2.22. The number of oxazole rings is 1. The number of carboxylic acid groups (broad SMARTS) is 1. The Balaban J connectivity index is 0.00000176. The van der Waals surface area contributed by atoms with Gasteiger partial charge in [-0.2, -0.15) is 0 Å². The maximum absolute atomic E-state index is 12.9. The Morgan fingerprint density at radius 1 is 1.41 bits per heavy atom. The van der Waals surface area contributed by atoms with Gasteiger partial charge in [0.05, 0.1) is 11.6 Å². The van der Waals surface area contributed by atoms with Crippen molar-refractivity contribution in [2.45, 2.75) is 13.0 Å². The molecule has 0 radical (unpaired) electrons. The highest BCUT2D eigenvalue weighted by molar-refractivity contribution is 5.85. The minimum Gasteiger partial charge on any atom is -0.481 e. The van der Waals surface area contributed by atoms with Crippen molar-refractivity contribution in [2.24, 2.45) is 5.92 Å². The van der Waals surface area contributed by atoms with Crippen molar-refractivity contribution in [1.82, 2.24) is 9.88 Å². The maximum atomic E-state index is 12.9. The lowest BCUT2D eigenvalue weighted by atomic mass is 10.1. The van der Waals surface area contributed by atoms with Crippen LogP contribution in [0.4, 0.5) is 4.39 Å². The van der Waals surface area contributed by atoms with Crippen molar-refractivity contribution in [3.05, 3.63) is 42.0 Å². The Labute approximate surface area is 133 Å². The van der Waals surface area contributed by atoms with E-state index in [0.29, 0.717) is 31.0 Å². The molecule has 5 nitrogen and oxygen atoms in total. The highest BCUT2D eigenvalue weighted by Gasteiger charge is 2.28. The molecule has 118 valence electrons. The van der Waals surface area contributed by atoms with E-state index in [9.17, 15) is 9.18 Å². The van der Waals surface area contributed by atoms with Crippen LogP contribution in [0.5, 0.6) is 0 Å². The van der Waals surface area contributed by atoms with Crippen molar-refractivity contribution in [1.29, 1.82) is 0 Å². The van der Waals surface area contributed by atoms with Crippen LogP contribution in [-0.2, 0) is 11.3 Å². The average Bonchev–Trinajstić information content (AvgIpc) is 3.10. The fourth-order valence-corrected chi connectivity index (χ4v) is 2.51. The van der Waals surface area contributed by atoms with Gasteiger partial charge in [-0.3, -0.25) is 9.69 Å². The fraction of sp³-hybridized carbons (Fsp3) is 0.333. The molecular formula is C15H16ClFN2O3. The molecule has 0 amide bonds. The SMILES string of the molecule is Cl.O=C(O)C1CCN(Cc2coc(-c3ccc(F)cc3)n2)C1. The molecule has 2 aromatic rings. The lowest BCUT2D eigenvalue weighted by Gasteiger charge is -2.12. The summed E-state index contributed by atoms with van der Waals surface area (Å²) in [5.41, 5.74) is 1.47. The van der Waals surface area contributed by atoms with Gasteiger partial charge in [0.2, 0.25) is 5.89 Å². The summed E-state index contributed by atoms with van der Waals surface area (Å²) in [6, 6.07) is 5.94. The summed E-state index contributed by atoms with van der Waals surface area (Å²) in [6.45, 7) is 1.85. The number of likely N-dealkylation sites (tertiary alicyclic amines) is 1. The lowest BCUT2D eigenvalue weighted by molar-refractivity contribution is -0.141. The normalized spacial score (nSPS) is 18.1. The Bertz CT molecular complexity index is 644. The first-order valence-corrected chi connectivity index (χ1v) is 6.77. The molecule has 0 spiro atoms. The molecule has 1 unspecified atom stereocenters. The van der Waals surface area contributed by atoms with Gasteiger partial charge in [0.1, 0.15) is 12.1 Å². The Morgan fingerprint density at radius 3 is 2.77 bits per heavy atom. The van der Waals surface area contributed by atoms with Gasteiger partial charge in [-0.1, -0.05) is 0 Å². The molecule has 1 fully saturated rings. The largest absolute Gasteiger partial charge is 0.481 e. The topological polar surface area (TPSA) is 66.6 Å². The molecule has 7 heteroatoms. The van der Waals surface area contributed by atoms with Gasteiger partial charge in [-0.05, 0) is 37.2 Å². The molecule has 1 aliphatic heterocycles. The second-order valence-corrected chi connectivity index (χ2v) is 5.21. The van der Waals surface area contributed by atoms with Crippen LogP contribution in [0.3, 0.4) is 0 Å². The van der Waals surface area contributed by atoms with Crippen molar-refractivity contribution < 1.29 is 18.7 Å². The summed E-state index contributed by atoms with van der Waals surface area (Å²) in [5, 5.41) is 8.98. The number of nitrogens with zero attached hydrogens (tertiary/aromatic N) is 2. The predicted octanol–water partition coefficient (Wildman–Crippen LogP) is 2.81. The van der Waals surface area contributed by atoms with Crippen LogP contribution < -0.4 is 0 Å². The van der Waals surface area contributed by atoms with Gasteiger partial charge in [0.15, 0.2) is 0 Å². The van der Waals surface area contributed by atoms with E-state index in [4.69, 9.17) is 9.52 Å². The summed E-state index contributed by atoms with van der Waals surface area (Å²) >= 11 is 0. The molecule has 2 heterocycles. The van der Waals surface area contributed by atoms with Crippen LogP contribution in [0.15, 0.2) is 34.9 Å². The fourth-order valence-electron chi connectivity index (χ4n) is 2.51. The number of hydrogen-bond acceptors (Lipinski definition) is 4. The van der Waals surface area contributed by atoms with Crippen LogP contribution in [0.1, 0.15) is 12.1 Å². The van der Waals surface area contributed by atoms with Crippen LogP contribution in [-0.4, -0.2) is 34.0 Å². The molecule has 1 N–H and O–H groups in total. The van der Waals surface area contributed by atoms with E-state index in [1.807, 2.05) is 4.90 Å². The van der Waals surface area contributed by atoms with Crippen molar-refractivity contribution in [3.63, 3.8) is 0 Å². The molecule has 0 aliphatic carbocycles. The quantitative estimate of drug-likeness (QED) is 0.935. The average molecular weight is 327 g/mol. The zero-order chi connectivity index (χ0) is 14.8. The maximum Gasteiger partial charge on any atom is 0.307 e. The van der Waals surface area contributed by atoms with Crippen LogP contribution in [0.2, 0.25) is 0 Å². The summed E-state index contributed by atoms with van der Waals surface area (Å²) in [6.07, 6.45) is 2.23. The van der Waals surface area contributed by atoms with Crippen molar-refractivity contribution >= 4 is 18.4 Å². The van der Waals surface area contributed by atoms with Gasteiger partial charge >= 0.3 is 5.97 Å². The predicted molar refractivity (Wildman–Crippen MR) is 80.2 cm³/mol. The van der Waals surface area contributed by atoms with Crippen LogP contribution >= 0.6 is 12.4 Å². The van der Waals surface area contributed by atoms with E-state index in [2.05, 4.69) is 4.98 Å². The minimum atomic E-state index is -0.746. The molecule has 3 rings (SSSR count). The molecule has 1 aliphatic rings. The number of aromatic nitrogens is 1. The first-order valence-electron chi connectivity index (χ1n) is 6.77. The first-order chi connectivity index (χ1) is 10.1. The summed E-state index contributed by atoms with van der Waals surface area (Å²) < 4.78 is 18.3. The number of carbonyl (C=O) groups is 1. The minimum absolute atomic E-state index is 0. The van der Waals surface area contributed by atoms with E-state index >= 15 is 0 Å². The monoisotopic (exact) mass is 326 g/mol. The smallest absolute Gasteiger partial charge is 0.307 e. The van der Waals surface area contributed by atoms with E-state index in [0.717, 1.165) is 12.2 Å². The molecule has 1 atom stereocenters. The summed E-state index contributed by atoms with van der Waals surface area (Å²) in [4.78, 5) is 17.3. The third kappa shape index (κ3) is 3.64. The van der Waals surface area contributed by atoms with Gasteiger partial charge in [0.25, 0.3) is 0 Å². The zero-order valence-electron chi connectivity index (χ0n) is 11.7. The number of hydrogen-bond donors (Lipinski definition) is 1. The van der Waals surface area contributed by atoms with Gasteiger partial charge in [0, 0.05) is 18.7 Å². The summed E-state index contributed by atoms with van der Waals surface area (Å²) in [5.74, 6) is -0.903. The van der Waals surface area contributed by atoms with Gasteiger partial charge in [-0.25, -0.2) is 9.37 Å². The number of rotatable bonds is 4. The van der Waals surface area contributed by atoms with E-state index in [-0.39, 0.29) is 24.1 Å². The van der Waals surface area contributed by atoms with E-state index in [1.54, 1.807) is 18.4 Å². The second-order valence-electron chi connectivity index (χ2n) is 5.21. The third-order valence-electron chi connectivity index (χ3n) is 3.65. The van der Waals surface area contributed by atoms with Crippen molar-refractivity contribution in [3.8, 4) is 11.5 Å². The molecular weight excluding hydrogens is 311 g/mol. The Morgan fingerprint density at radius 2 is 2.14 bits per heavy atom. The number of halogens is 2. The van der Waals surface area contributed by atoms with Crippen molar-refractivity contribution in [2.75, 3.05) is 13.1 Å². The highest BCUT2D eigenvalue weighted by atomic mass is 35.5. The molecule has 1 aromatic carbocycles. The van der Waals surface area contributed by atoms with Gasteiger partial charge < -0.3 is 9.52 Å². The zero-order valence-corrected chi connectivity index (χ0v) is 12.6. The summed E-state index contributed by atoms with van der Waals surface area (Å²) in [7, 11) is 0. The van der Waals surface area contributed by atoms with Crippen LogP contribution in [0.25, 0.3) is 11.5 Å². The second kappa shape index (κ2) is 6.89. The first kappa shape index (κ1) is 16.5. The van der Waals surface area contributed by atoms with Crippen LogP contribution in [0, 0.1) is 11.7 Å². The third-order valence-corrected chi connectivity index (χ3v) is 3.65. The molecule has 1 aromatic heterocycles. The van der Waals surface area contributed by atoms with Gasteiger partial charge in [-0.15, -0.1) is 12.4 Å². The Kier molecular flexibility index (Phi) is 5.15. The Hall–Kier alpha value is -1.92. The molecule has 22 heavy (non-hydrogen) atoms. The number of benzene rings is 1. The number of aliphatic carboxylic acids is 1. The molecule has 1 saturated heterocycles. The molecule has 0 saturated carbocycles. The number of carboxylic acids is 1. The van der Waals surface area contributed by atoms with E-state index < -0.39 is 5.97 Å². The van der Waals surface area contributed by atoms with E-state index in [1.165, 1.54) is 12.1 Å². The lowest BCUT2D eigenvalue weighted by Crippen LogP contribution is -2.22.